The third-order valence-corrected chi connectivity index (χ3v) is 3.22. The Labute approximate surface area is 93.2 Å². The van der Waals surface area contributed by atoms with E-state index in [-0.39, 0.29) is 0 Å². The zero-order chi connectivity index (χ0) is 10.3. The Hall–Kier alpha value is -0.350. The van der Waals surface area contributed by atoms with Crippen LogP contribution in [0.3, 0.4) is 0 Å². The minimum absolute atomic E-state index is 0.425. The number of hydrogen-bond donors (Lipinski definition) is 0. The van der Waals surface area contributed by atoms with Gasteiger partial charge in [0, 0.05) is 6.04 Å². The molecule has 0 spiro atoms. The molecule has 0 bridgehead atoms. The fraction of sp³-hybridized carbons (Fsp3) is 0.700. The van der Waals surface area contributed by atoms with Crippen LogP contribution < -0.4 is 0 Å². The first kappa shape index (κ1) is 10.2. The maximum Gasteiger partial charge on any atom is 0.128 e. The lowest BCUT2D eigenvalue weighted by Gasteiger charge is -2.20. The van der Waals surface area contributed by atoms with Gasteiger partial charge in [-0.25, -0.2) is 0 Å². The second-order valence-corrected chi connectivity index (χ2v) is 5.02. The van der Waals surface area contributed by atoms with E-state index in [1.165, 1.54) is 18.5 Å². The molecule has 0 radical (unpaired) electrons. The number of halogens is 1. The molecule has 78 valence electrons. The van der Waals surface area contributed by atoms with Crippen molar-refractivity contribution in [3.05, 3.63) is 16.4 Å². The SMILES string of the molecule is CC(c1cc(Br)nn1C1CC1)N(C)C. The third-order valence-electron chi connectivity index (χ3n) is 2.83. The van der Waals surface area contributed by atoms with Crippen LogP contribution in [0.25, 0.3) is 0 Å². The zero-order valence-electron chi connectivity index (χ0n) is 8.87. The number of aromatic nitrogens is 2. The first-order valence-corrected chi connectivity index (χ1v) is 5.80. The summed E-state index contributed by atoms with van der Waals surface area (Å²) in [5.74, 6) is 0. The molecule has 1 atom stereocenters. The number of hydrogen-bond acceptors (Lipinski definition) is 2. The van der Waals surface area contributed by atoms with Gasteiger partial charge >= 0.3 is 0 Å². The summed E-state index contributed by atoms with van der Waals surface area (Å²) in [6.07, 6.45) is 2.56. The van der Waals surface area contributed by atoms with Gasteiger partial charge in [-0.3, -0.25) is 4.68 Å². The Balaban J connectivity index is 2.30. The highest BCUT2D eigenvalue weighted by atomic mass is 79.9. The molecule has 1 heterocycles. The first-order valence-electron chi connectivity index (χ1n) is 5.01. The van der Waals surface area contributed by atoms with Crippen LogP contribution in [0.5, 0.6) is 0 Å². The molecule has 1 aliphatic rings. The summed E-state index contributed by atoms with van der Waals surface area (Å²) in [6, 6.07) is 3.20. The zero-order valence-corrected chi connectivity index (χ0v) is 10.5. The van der Waals surface area contributed by atoms with Crippen LogP contribution >= 0.6 is 15.9 Å². The van der Waals surface area contributed by atoms with E-state index >= 15 is 0 Å². The fourth-order valence-corrected chi connectivity index (χ4v) is 1.97. The average molecular weight is 258 g/mol. The summed E-state index contributed by atoms with van der Waals surface area (Å²) < 4.78 is 3.13. The molecule has 1 aliphatic carbocycles. The number of nitrogens with zero attached hydrogens (tertiary/aromatic N) is 3. The monoisotopic (exact) mass is 257 g/mol. The molecule has 3 nitrogen and oxygen atoms in total. The van der Waals surface area contributed by atoms with E-state index in [1.54, 1.807) is 0 Å². The molecule has 14 heavy (non-hydrogen) atoms. The molecular formula is C10H16BrN3. The summed E-state index contributed by atoms with van der Waals surface area (Å²) in [6.45, 7) is 2.21. The molecule has 0 aromatic carbocycles. The van der Waals surface area contributed by atoms with Crippen LogP contribution in [-0.2, 0) is 0 Å². The van der Waals surface area contributed by atoms with Crippen LogP contribution in [0, 0.1) is 0 Å². The summed E-state index contributed by atoms with van der Waals surface area (Å²) in [5, 5.41) is 4.48. The van der Waals surface area contributed by atoms with Crippen molar-refractivity contribution in [2.45, 2.75) is 31.8 Å². The van der Waals surface area contributed by atoms with Gasteiger partial charge in [0.25, 0.3) is 0 Å². The predicted octanol–water partition coefficient (Wildman–Crippen LogP) is 2.60. The van der Waals surface area contributed by atoms with Crippen LogP contribution in [0.4, 0.5) is 0 Å². The van der Waals surface area contributed by atoms with Gasteiger partial charge in [0.2, 0.25) is 0 Å². The van der Waals surface area contributed by atoms with Crippen LogP contribution in [-0.4, -0.2) is 28.8 Å². The largest absolute Gasteiger partial charge is 0.301 e. The van der Waals surface area contributed by atoms with Gasteiger partial charge in [0.1, 0.15) is 4.60 Å². The molecule has 0 N–H and O–H groups in total. The third kappa shape index (κ3) is 1.86. The molecule has 1 aromatic rings. The second-order valence-electron chi connectivity index (χ2n) is 4.21. The van der Waals surface area contributed by atoms with Gasteiger partial charge in [-0.15, -0.1) is 0 Å². The molecular weight excluding hydrogens is 242 g/mol. The van der Waals surface area contributed by atoms with Crippen molar-refractivity contribution < 1.29 is 0 Å². The smallest absolute Gasteiger partial charge is 0.128 e. The lowest BCUT2D eigenvalue weighted by molar-refractivity contribution is 0.303. The van der Waals surface area contributed by atoms with Crippen LogP contribution in [0.2, 0.25) is 0 Å². The van der Waals surface area contributed by atoms with E-state index in [9.17, 15) is 0 Å². The van der Waals surface area contributed by atoms with Crippen molar-refractivity contribution in [1.29, 1.82) is 0 Å². The molecule has 1 saturated carbocycles. The van der Waals surface area contributed by atoms with E-state index in [1.807, 2.05) is 0 Å². The molecule has 1 unspecified atom stereocenters. The molecule has 0 saturated heterocycles. The Morgan fingerprint density at radius 2 is 2.21 bits per heavy atom. The van der Waals surface area contributed by atoms with Gasteiger partial charge in [-0.1, -0.05) is 0 Å². The highest BCUT2D eigenvalue weighted by Crippen LogP contribution is 2.38. The molecule has 1 fully saturated rings. The average Bonchev–Trinajstić information content (AvgIpc) is 2.88. The van der Waals surface area contributed by atoms with Crippen molar-refractivity contribution in [1.82, 2.24) is 14.7 Å². The Morgan fingerprint density at radius 3 is 2.71 bits per heavy atom. The van der Waals surface area contributed by atoms with Gasteiger partial charge in [0.05, 0.1) is 11.7 Å². The van der Waals surface area contributed by atoms with Crippen molar-refractivity contribution in [2.24, 2.45) is 0 Å². The minimum atomic E-state index is 0.425. The standard InChI is InChI=1S/C10H16BrN3/c1-7(13(2)3)9-6-10(11)12-14(9)8-4-5-8/h6-8H,4-5H2,1-3H3. The van der Waals surface area contributed by atoms with E-state index in [0.717, 1.165) is 4.60 Å². The summed E-state index contributed by atoms with van der Waals surface area (Å²) in [5.41, 5.74) is 1.31. The van der Waals surface area contributed by atoms with Crippen LogP contribution in [0.15, 0.2) is 10.7 Å². The Morgan fingerprint density at radius 1 is 1.57 bits per heavy atom. The van der Waals surface area contributed by atoms with E-state index in [0.29, 0.717) is 12.1 Å². The second kappa shape index (κ2) is 3.66. The van der Waals surface area contributed by atoms with E-state index in [4.69, 9.17) is 0 Å². The Bertz CT molecular complexity index is 328. The molecule has 0 aliphatic heterocycles. The van der Waals surface area contributed by atoms with E-state index < -0.39 is 0 Å². The Kier molecular flexibility index (Phi) is 2.66. The summed E-state index contributed by atoms with van der Waals surface area (Å²) >= 11 is 3.45. The van der Waals surface area contributed by atoms with Gasteiger partial charge < -0.3 is 4.90 Å². The van der Waals surface area contributed by atoms with Gasteiger partial charge in [-0.2, -0.15) is 5.10 Å². The van der Waals surface area contributed by atoms with Crippen LogP contribution in [0.1, 0.15) is 37.5 Å². The normalized spacial score (nSPS) is 18.9. The highest BCUT2D eigenvalue weighted by Gasteiger charge is 2.28. The lowest BCUT2D eigenvalue weighted by atomic mass is 10.2. The van der Waals surface area contributed by atoms with Gasteiger partial charge in [-0.05, 0) is 55.9 Å². The van der Waals surface area contributed by atoms with E-state index in [2.05, 4.69) is 57.7 Å². The number of rotatable bonds is 3. The molecule has 4 heteroatoms. The predicted molar refractivity (Wildman–Crippen MR) is 60.3 cm³/mol. The molecule has 0 amide bonds. The lowest BCUT2D eigenvalue weighted by Crippen LogP contribution is -2.20. The first-order chi connectivity index (χ1) is 6.59. The van der Waals surface area contributed by atoms with Crippen molar-refractivity contribution in [2.75, 3.05) is 14.1 Å². The fourth-order valence-electron chi connectivity index (χ4n) is 1.57. The van der Waals surface area contributed by atoms with Crippen molar-refractivity contribution in [3.8, 4) is 0 Å². The molecule has 2 rings (SSSR count). The summed E-state index contributed by atoms with van der Waals surface area (Å²) in [4.78, 5) is 2.21. The quantitative estimate of drug-likeness (QED) is 0.830. The summed E-state index contributed by atoms with van der Waals surface area (Å²) in [7, 11) is 4.20. The topological polar surface area (TPSA) is 21.1 Å². The van der Waals surface area contributed by atoms with Crippen molar-refractivity contribution >= 4 is 15.9 Å². The maximum absolute atomic E-state index is 4.48. The molecule has 1 aromatic heterocycles. The van der Waals surface area contributed by atoms with Gasteiger partial charge in [0.15, 0.2) is 0 Å². The maximum atomic E-state index is 4.48. The highest BCUT2D eigenvalue weighted by molar-refractivity contribution is 9.10. The van der Waals surface area contributed by atoms with Crippen molar-refractivity contribution in [3.63, 3.8) is 0 Å². The minimum Gasteiger partial charge on any atom is -0.301 e.